The van der Waals surface area contributed by atoms with Gasteiger partial charge in [0.15, 0.2) is 0 Å². The van der Waals surface area contributed by atoms with Crippen molar-refractivity contribution in [3.05, 3.63) is 0 Å². The van der Waals surface area contributed by atoms with Crippen LogP contribution in [-0.4, -0.2) is 11.7 Å². The van der Waals surface area contributed by atoms with E-state index < -0.39 is 6.03 Å². The van der Waals surface area contributed by atoms with Gasteiger partial charge in [-0.05, 0) is 11.8 Å². The van der Waals surface area contributed by atoms with Gasteiger partial charge in [-0.2, -0.15) is 0 Å². The molecule has 0 aromatic rings. The number of hydrogen-bond donors (Lipinski definition) is 2. The summed E-state index contributed by atoms with van der Waals surface area (Å²) < 4.78 is 6.79. The van der Waals surface area contributed by atoms with Crippen LogP contribution in [-0.2, 0) is 0 Å². The largest absolute Gasteiger partial charge is 0.351 e. The Morgan fingerprint density at radius 3 is 2.12 bits per heavy atom. The van der Waals surface area contributed by atoms with Crippen LogP contribution >= 0.6 is 12.1 Å². The number of nitrogens with zero attached hydrogens (tertiary/aromatic N) is 1. The summed E-state index contributed by atoms with van der Waals surface area (Å²) in [6.45, 7) is 12.8. The number of urea groups is 1. The fraction of sp³-hybridized carbons (Fsp3) is 0.818. The van der Waals surface area contributed by atoms with Crippen LogP contribution < -0.4 is 10.5 Å². The van der Waals surface area contributed by atoms with Gasteiger partial charge < -0.3 is 5.73 Å². The molecule has 1 unspecified atom stereocenters. The molecule has 0 aliphatic carbocycles. The summed E-state index contributed by atoms with van der Waals surface area (Å²) >= 11 is 1.01. The Balaban J connectivity index is 4.74. The molecule has 0 aromatic carbocycles. The highest BCUT2D eigenvalue weighted by Crippen LogP contribution is 2.27. The predicted molar refractivity (Wildman–Crippen MR) is 71.2 cm³/mol. The maximum absolute atomic E-state index is 10.6. The lowest BCUT2D eigenvalue weighted by atomic mass is 9.78. The van der Waals surface area contributed by atoms with Crippen molar-refractivity contribution >= 4 is 23.9 Å². The Morgan fingerprint density at radius 2 is 1.81 bits per heavy atom. The predicted octanol–water partition coefficient (Wildman–Crippen LogP) is 3.00. The van der Waals surface area contributed by atoms with Gasteiger partial charge in [0.1, 0.15) is 0 Å². The maximum atomic E-state index is 10.6. The van der Waals surface area contributed by atoms with Crippen molar-refractivity contribution in [2.24, 2.45) is 27.4 Å². The molecule has 0 aliphatic rings. The molecule has 0 spiro atoms. The number of primary amides is 1. The zero-order valence-electron chi connectivity index (χ0n) is 11.0. The molecule has 94 valence electrons. The third kappa shape index (κ3) is 5.39. The first-order valence-corrected chi connectivity index (χ1v) is 6.23. The molecule has 0 heterocycles. The molecule has 16 heavy (non-hydrogen) atoms. The lowest BCUT2D eigenvalue weighted by molar-refractivity contribution is 0.254. The van der Waals surface area contributed by atoms with Crippen molar-refractivity contribution in [3.8, 4) is 0 Å². The average Bonchev–Trinajstić information content (AvgIpc) is 2.08. The SMILES string of the molecule is CC(C)C(C)C(=NSNC(N)=O)C(C)(C)C. The van der Waals surface area contributed by atoms with E-state index in [9.17, 15) is 4.79 Å². The third-order valence-corrected chi connectivity index (χ3v) is 3.07. The number of hydrogen-bond acceptors (Lipinski definition) is 3. The number of carbonyl (C=O) groups is 1. The Bertz CT molecular complexity index is 269. The Morgan fingerprint density at radius 1 is 1.31 bits per heavy atom. The minimum Gasteiger partial charge on any atom is -0.351 e. The van der Waals surface area contributed by atoms with Gasteiger partial charge in [0.2, 0.25) is 0 Å². The van der Waals surface area contributed by atoms with Crippen LogP contribution in [0, 0.1) is 17.3 Å². The second-order valence-electron chi connectivity index (χ2n) is 5.32. The molecule has 0 aliphatic heterocycles. The van der Waals surface area contributed by atoms with Gasteiger partial charge in [-0.3, -0.25) is 4.72 Å². The first-order chi connectivity index (χ1) is 7.16. The summed E-state index contributed by atoms with van der Waals surface area (Å²) in [5.74, 6) is 0.898. The number of nitrogens with two attached hydrogens (primary N) is 1. The normalized spacial score (nSPS) is 15.1. The lowest BCUT2D eigenvalue weighted by Crippen LogP contribution is -2.30. The van der Waals surface area contributed by atoms with Crippen LogP contribution in [0.2, 0.25) is 0 Å². The van der Waals surface area contributed by atoms with E-state index in [0.29, 0.717) is 11.8 Å². The number of rotatable bonds is 4. The number of amides is 2. The molecule has 4 nitrogen and oxygen atoms in total. The highest BCUT2D eigenvalue weighted by molar-refractivity contribution is 7.96. The number of nitrogens with one attached hydrogen (secondary N) is 1. The first-order valence-electron chi connectivity index (χ1n) is 5.46. The van der Waals surface area contributed by atoms with E-state index in [1.165, 1.54) is 0 Å². The van der Waals surface area contributed by atoms with Gasteiger partial charge in [0.25, 0.3) is 0 Å². The summed E-state index contributed by atoms with van der Waals surface area (Å²) in [5.41, 5.74) is 6.06. The van der Waals surface area contributed by atoms with Crippen LogP contribution in [0.5, 0.6) is 0 Å². The molecule has 1 atom stereocenters. The molecule has 0 rings (SSSR count). The van der Waals surface area contributed by atoms with Crippen molar-refractivity contribution in [2.75, 3.05) is 0 Å². The molecule has 0 saturated heterocycles. The Labute approximate surface area is 103 Å². The minimum atomic E-state index is -0.570. The molecular weight excluding hydrogens is 222 g/mol. The van der Waals surface area contributed by atoms with Crippen LogP contribution in [0.3, 0.4) is 0 Å². The topological polar surface area (TPSA) is 67.5 Å². The second kappa shape index (κ2) is 6.13. The quantitative estimate of drug-likeness (QED) is 0.590. The van der Waals surface area contributed by atoms with Gasteiger partial charge in [-0.15, -0.1) is 0 Å². The molecule has 0 fully saturated rings. The molecule has 5 heteroatoms. The van der Waals surface area contributed by atoms with Crippen LogP contribution in [0.1, 0.15) is 41.5 Å². The highest BCUT2D eigenvalue weighted by Gasteiger charge is 2.26. The van der Waals surface area contributed by atoms with Crippen LogP contribution in [0.15, 0.2) is 4.40 Å². The van der Waals surface area contributed by atoms with E-state index >= 15 is 0 Å². The fourth-order valence-electron chi connectivity index (χ4n) is 1.34. The summed E-state index contributed by atoms with van der Waals surface area (Å²) in [7, 11) is 0. The lowest BCUT2D eigenvalue weighted by Gasteiger charge is -2.28. The minimum absolute atomic E-state index is 0.00396. The zero-order chi connectivity index (χ0) is 12.9. The summed E-state index contributed by atoms with van der Waals surface area (Å²) in [6, 6.07) is -0.570. The van der Waals surface area contributed by atoms with Crippen molar-refractivity contribution in [1.29, 1.82) is 0 Å². The van der Waals surface area contributed by atoms with Gasteiger partial charge in [0.05, 0.1) is 12.1 Å². The van der Waals surface area contributed by atoms with Crippen molar-refractivity contribution in [1.82, 2.24) is 4.72 Å². The second-order valence-corrected chi connectivity index (χ2v) is 5.89. The van der Waals surface area contributed by atoms with Gasteiger partial charge in [0, 0.05) is 11.1 Å². The molecule has 3 N–H and O–H groups in total. The van der Waals surface area contributed by atoms with Crippen molar-refractivity contribution < 1.29 is 4.79 Å². The monoisotopic (exact) mass is 245 g/mol. The smallest absolute Gasteiger partial charge is 0.323 e. The molecule has 0 saturated carbocycles. The Kier molecular flexibility index (Phi) is 5.86. The van der Waals surface area contributed by atoms with Gasteiger partial charge in [-0.1, -0.05) is 41.5 Å². The molecule has 0 aromatic heterocycles. The van der Waals surface area contributed by atoms with Gasteiger partial charge in [-0.25, -0.2) is 9.19 Å². The summed E-state index contributed by atoms with van der Waals surface area (Å²) in [4.78, 5) is 10.6. The standard InChI is InChI=1S/C11H23N3OS/c1-7(2)8(3)9(11(4,5)6)13-16-14-10(12)15/h7-8H,1-6H3,(H3,12,14,15). The van der Waals surface area contributed by atoms with Crippen LogP contribution in [0.25, 0.3) is 0 Å². The molecule has 0 bridgehead atoms. The van der Waals surface area contributed by atoms with Crippen molar-refractivity contribution in [2.45, 2.75) is 41.5 Å². The van der Waals surface area contributed by atoms with E-state index in [1.807, 2.05) is 0 Å². The van der Waals surface area contributed by atoms with E-state index in [1.54, 1.807) is 0 Å². The highest BCUT2D eigenvalue weighted by atomic mass is 32.2. The average molecular weight is 245 g/mol. The van der Waals surface area contributed by atoms with E-state index in [4.69, 9.17) is 5.73 Å². The summed E-state index contributed by atoms with van der Waals surface area (Å²) in [5, 5.41) is 0. The Hall–Kier alpha value is -0.710. The third-order valence-electron chi connectivity index (χ3n) is 2.49. The first kappa shape index (κ1) is 15.3. The molecular formula is C11H23N3OS. The maximum Gasteiger partial charge on any atom is 0.323 e. The molecule has 0 radical (unpaired) electrons. The zero-order valence-corrected chi connectivity index (χ0v) is 11.8. The van der Waals surface area contributed by atoms with E-state index in [0.717, 1.165) is 17.8 Å². The van der Waals surface area contributed by atoms with Crippen molar-refractivity contribution in [3.63, 3.8) is 0 Å². The van der Waals surface area contributed by atoms with E-state index in [-0.39, 0.29) is 5.41 Å². The van der Waals surface area contributed by atoms with E-state index in [2.05, 4.69) is 50.7 Å². The molecule has 2 amide bonds. The summed E-state index contributed by atoms with van der Waals surface area (Å²) in [6.07, 6.45) is 0. The van der Waals surface area contributed by atoms with Gasteiger partial charge >= 0.3 is 6.03 Å². The number of carbonyl (C=O) groups excluding carboxylic acids is 1. The fourth-order valence-corrected chi connectivity index (χ4v) is 2.01. The van der Waals surface area contributed by atoms with Crippen LogP contribution in [0.4, 0.5) is 4.79 Å².